The summed E-state index contributed by atoms with van der Waals surface area (Å²) in [6.45, 7) is 4.13. The molecule has 7 heteroatoms. The zero-order valence-electron chi connectivity index (χ0n) is 21.3. The van der Waals surface area contributed by atoms with Gasteiger partial charge in [0.15, 0.2) is 6.61 Å². The quantitative estimate of drug-likeness (QED) is 0.180. The van der Waals surface area contributed by atoms with Crippen LogP contribution in [0.3, 0.4) is 0 Å². The summed E-state index contributed by atoms with van der Waals surface area (Å²) in [5.41, 5.74) is 4.50. The van der Waals surface area contributed by atoms with Gasteiger partial charge in [0, 0.05) is 17.1 Å². The van der Waals surface area contributed by atoms with Crippen LogP contribution in [0.2, 0.25) is 0 Å². The number of hydrogen-bond donors (Lipinski definition) is 3. The number of anilines is 4. The van der Waals surface area contributed by atoms with Crippen LogP contribution in [0.4, 0.5) is 22.7 Å². The van der Waals surface area contributed by atoms with E-state index < -0.39 is 0 Å². The van der Waals surface area contributed by atoms with E-state index in [9.17, 15) is 9.59 Å². The number of halogens is 1. The fourth-order valence-electron chi connectivity index (χ4n) is 3.82. The van der Waals surface area contributed by atoms with Crippen molar-refractivity contribution in [2.24, 2.45) is 0 Å². The molecule has 0 radical (unpaired) electrons. The molecule has 4 aromatic rings. The summed E-state index contributed by atoms with van der Waals surface area (Å²) < 4.78 is 6.52. The van der Waals surface area contributed by atoms with E-state index in [1.807, 2.05) is 72.8 Å². The van der Waals surface area contributed by atoms with Crippen molar-refractivity contribution in [3.8, 4) is 5.75 Å². The molecule has 1 atom stereocenters. The molecule has 6 nitrogen and oxygen atoms in total. The minimum Gasteiger partial charge on any atom is -0.483 e. The Hall–Kier alpha value is -4.10. The second-order valence-corrected chi connectivity index (χ2v) is 9.76. The lowest BCUT2D eigenvalue weighted by Crippen LogP contribution is -2.23. The zero-order chi connectivity index (χ0) is 26.9. The molecule has 0 aliphatic rings. The van der Waals surface area contributed by atoms with Crippen LogP contribution in [-0.2, 0) is 4.79 Å². The van der Waals surface area contributed by atoms with Crippen LogP contribution in [0, 0.1) is 0 Å². The number of nitrogens with one attached hydrogen (secondary N) is 3. The van der Waals surface area contributed by atoms with Crippen molar-refractivity contribution in [2.45, 2.75) is 26.2 Å². The highest BCUT2D eigenvalue weighted by molar-refractivity contribution is 9.10. The average Bonchev–Trinajstić information content (AvgIpc) is 2.93. The topological polar surface area (TPSA) is 79.5 Å². The number of para-hydroxylation sites is 2. The average molecular weight is 573 g/mol. The van der Waals surface area contributed by atoms with Crippen LogP contribution in [-0.4, -0.2) is 18.4 Å². The molecule has 0 saturated carbocycles. The molecule has 0 fully saturated rings. The molecule has 194 valence electrons. The second kappa shape index (κ2) is 12.9. The molecular weight excluding hydrogens is 542 g/mol. The first kappa shape index (κ1) is 26.9. The smallest absolute Gasteiger partial charge is 0.262 e. The van der Waals surface area contributed by atoms with Crippen LogP contribution in [0.15, 0.2) is 102 Å². The first-order valence-corrected chi connectivity index (χ1v) is 13.3. The van der Waals surface area contributed by atoms with E-state index in [4.69, 9.17) is 4.74 Å². The summed E-state index contributed by atoms with van der Waals surface area (Å²) in [5, 5.41) is 8.99. The Bertz CT molecular complexity index is 1390. The maximum absolute atomic E-state index is 13.0. The molecule has 3 N–H and O–H groups in total. The van der Waals surface area contributed by atoms with Crippen LogP contribution >= 0.6 is 15.9 Å². The summed E-state index contributed by atoms with van der Waals surface area (Å²) in [6, 6.07) is 30.0. The third-order valence-electron chi connectivity index (χ3n) is 6.15. The van der Waals surface area contributed by atoms with Gasteiger partial charge in [-0.1, -0.05) is 50.2 Å². The van der Waals surface area contributed by atoms with Gasteiger partial charge in [-0.15, -0.1) is 0 Å². The van der Waals surface area contributed by atoms with Gasteiger partial charge in [-0.2, -0.15) is 0 Å². The van der Waals surface area contributed by atoms with Crippen molar-refractivity contribution in [2.75, 3.05) is 22.6 Å². The fourth-order valence-corrected chi connectivity index (χ4v) is 4.33. The molecular formula is C31H30BrN3O3. The van der Waals surface area contributed by atoms with Gasteiger partial charge < -0.3 is 20.7 Å². The Morgan fingerprint density at radius 1 is 0.816 bits per heavy atom. The fraction of sp³-hybridized carbons (Fsp3) is 0.161. The number of hydrogen-bond acceptors (Lipinski definition) is 4. The Labute approximate surface area is 231 Å². The molecule has 4 rings (SSSR count). The van der Waals surface area contributed by atoms with Gasteiger partial charge in [0.25, 0.3) is 11.8 Å². The predicted molar refractivity (Wildman–Crippen MR) is 158 cm³/mol. The number of rotatable bonds is 10. The standard InChI is InChI=1S/C31H30BrN3O3/c1-3-21(2)22-13-18-29(27(32)19-22)38-20-30(36)35-28-12-8-7-11-26(28)31(37)34-25-16-14-24(15-17-25)33-23-9-5-4-6-10-23/h4-19,21,33H,3,20H2,1-2H3,(H,34,37)(H,35,36). The van der Waals surface area contributed by atoms with Crippen molar-refractivity contribution in [1.29, 1.82) is 0 Å². The number of benzene rings is 4. The minimum atomic E-state index is -0.362. The number of carbonyl (C=O) groups excluding carboxylic acids is 2. The lowest BCUT2D eigenvalue weighted by atomic mass is 9.99. The largest absolute Gasteiger partial charge is 0.483 e. The maximum Gasteiger partial charge on any atom is 0.262 e. The van der Waals surface area contributed by atoms with E-state index in [0.29, 0.717) is 28.6 Å². The Kier molecular flexibility index (Phi) is 9.16. The molecule has 1 unspecified atom stereocenters. The van der Waals surface area contributed by atoms with Crippen molar-refractivity contribution in [3.63, 3.8) is 0 Å². The third kappa shape index (κ3) is 7.23. The Balaban J connectivity index is 1.35. The zero-order valence-corrected chi connectivity index (χ0v) is 22.9. The number of amides is 2. The lowest BCUT2D eigenvalue weighted by molar-refractivity contribution is -0.118. The second-order valence-electron chi connectivity index (χ2n) is 8.90. The maximum atomic E-state index is 13.0. The van der Waals surface area contributed by atoms with Crippen LogP contribution in [0.25, 0.3) is 0 Å². The summed E-state index contributed by atoms with van der Waals surface area (Å²) >= 11 is 3.53. The van der Waals surface area contributed by atoms with Gasteiger partial charge in [-0.05, 0) is 94.5 Å². The molecule has 38 heavy (non-hydrogen) atoms. The van der Waals surface area contributed by atoms with Crippen molar-refractivity contribution in [1.82, 2.24) is 0 Å². The predicted octanol–water partition coefficient (Wildman–Crippen LogP) is 7.98. The van der Waals surface area contributed by atoms with Gasteiger partial charge in [0.05, 0.1) is 15.7 Å². The first-order chi connectivity index (χ1) is 18.4. The van der Waals surface area contributed by atoms with Crippen molar-refractivity contribution >= 4 is 50.5 Å². The van der Waals surface area contributed by atoms with Crippen LogP contribution < -0.4 is 20.7 Å². The molecule has 0 spiro atoms. The Morgan fingerprint density at radius 2 is 1.47 bits per heavy atom. The van der Waals surface area contributed by atoms with Crippen molar-refractivity contribution < 1.29 is 14.3 Å². The molecule has 0 saturated heterocycles. The molecule has 4 aromatic carbocycles. The van der Waals surface area contributed by atoms with Crippen LogP contribution in [0.1, 0.15) is 42.1 Å². The normalized spacial score (nSPS) is 11.3. The van der Waals surface area contributed by atoms with E-state index in [1.165, 1.54) is 5.56 Å². The monoisotopic (exact) mass is 571 g/mol. The van der Waals surface area contributed by atoms with Gasteiger partial charge in [0.2, 0.25) is 0 Å². The molecule has 0 aliphatic heterocycles. The van der Waals surface area contributed by atoms with Gasteiger partial charge in [0.1, 0.15) is 5.75 Å². The van der Waals surface area contributed by atoms with E-state index in [1.54, 1.807) is 24.3 Å². The first-order valence-electron chi connectivity index (χ1n) is 12.5. The summed E-state index contributed by atoms with van der Waals surface area (Å²) in [5.74, 6) is 0.340. The van der Waals surface area contributed by atoms with Gasteiger partial charge in [-0.3, -0.25) is 9.59 Å². The SMILES string of the molecule is CCC(C)c1ccc(OCC(=O)Nc2ccccc2C(=O)Nc2ccc(Nc3ccccc3)cc2)c(Br)c1. The lowest BCUT2D eigenvalue weighted by Gasteiger charge is -2.14. The highest BCUT2D eigenvalue weighted by Crippen LogP contribution is 2.30. The molecule has 0 bridgehead atoms. The molecule has 0 heterocycles. The van der Waals surface area contributed by atoms with E-state index in [2.05, 4.69) is 45.7 Å². The summed E-state index contributed by atoms with van der Waals surface area (Å²) in [4.78, 5) is 25.7. The number of ether oxygens (including phenoxy) is 1. The molecule has 2 amide bonds. The minimum absolute atomic E-state index is 0.187. The highest BCUT2D eigenvalue weighted by Gasteiger charge is 2.15. The Morgan fingerprint density at radius 3 is 2.18 bits per heavy atom. The summed E-state index contributed by atoms with van der Waals surface area (Å²) in [6.07, 6.45) is 1.04. The highest BCUT2D eigenvalue weighted by atomic mass is 79.9. The van der Waals surface area contributed by atoms with Gasteiger partial charge in [-0.25, -0.2) is 0 Å². The van der Waals surface area contributed by atoms with E-state index in [-0.39, 0.29) is 18.4 Å². The van der Waals surface area contributed by atoms with Gasteiger partial charge >= 0.3 is 0 Å². The van der Waals surface area contributed by atoms with E-state index >= 15 is 0 Å². The van der Waals surface area contributed by atoms with Crippen molar-refractivity contribution in [3.05, 3.63) is 113 Å². The van der Waals surface area contributed by atoms with E-state index in [0.717, 1.165) is 22.3 Å². The number of carbonyl (C=O) groups is 2. The summed E-state index contributed by atoms with van der Waals surface area (Å²) in [7, 11) is 0. The molecule has 0 aliphatic carbocycles. The van der Waals surface area contributed by atoms with Crippen LogP contribution in [0.5, 0.6) is 5.75 Å². The third-order valence-corrected chi connectivity index (χ3v) is 6.77. The molecule has 0 aromatic heterocycles.